The third-order valence-corrected chi connectivity index (χ3v) is 1.86. The summed E-state index contributed by atoms with van der Waals surface area (Å²) in [7, 11) is 2.07. The van der Waals surface area contributed by atoms with Gasteiger partial charge in [-0.15, -0.1) is 0 Å². The van der Waals surface area contributed by atoms with E-state index < -0.39 is 0 Å². The normalized spacial score (nSPS) is 14.4. The van der Waals surface area contributed by atoms with Crippen LogP contribution in [0.1, 0.15) is 27.2 Å². The SMILES string of the molecule is CC/C=C\C(C)CNN(C)CC. The lowest BCUT2D eigenvalue weighted by Crippen LogP contribution is -2.36. The van der Waals surface area contributed by atoms with Gasteiger partial charge in [0.2, 0.25) is 0 Å². The minimum Gasteiger partial charge on any atom is -0.255 e. The Morgan fingerprint density at radius 2 is 2.08 bits per heavy atom. The van der Waals surface area contributed by atoms with E-state index in [2.05, 4.69) is 50.4 Å². The molecule has 0 heterocycles. The zero-order chi connectivity index (χ0) is 9.40. The highest BCUT2D eigenvalue weighted by molar-refractivity contribution is 4.85. The van der Waals surface area contributed by atoms with Crippen LogP contribution >= 0.6 is 0 Å². The van der Waals surface area contributed by atoms with Crippen LogP contribution in [0.25, 0.3) is 0 Å². The lowest BCUT2D eigenvalue weighted by atomic mass is 10.1. The molecule has 0 amide bonds. The number of hydrazine groups is 1. The van der Waals surface area contributed by atoms with Crippen LogP contribution in [0, 0.1) is 5.92 Å². The average molecular weight is 170 g/mol. The van der Waals surface area contributed by atoms with Crippen LogP contribution in [0.2, 0.25) is 0 Å². The van der Waals surface area contributed by atoms with Crippen molar-refractivity contribution in [3.8, 4) is 0 Å². The number of allylic oxidation sites excluding steroid dienone is 1. The van der Waals surface area contributed by atoms with E-state index in [4.69, 9.17) is 0 Å². The molecule has 0 rings (SSSR count). The highest BCUT2D eigenvalue weighted by Crippen LogP contribution is 1.96. The summed E-state index contributed by atoms with van der Waals surface area (Å²) in [5.74, 6) is 0.624. The van der Waals surface area contributed by atoms with E-state index in [9.17, 15) is 0 Å². The fourth-order valence-corrected chi connectivity index (χ4v) is 0.848. The second-order valence-corrected chi connectivity index (χ2v) is 3.19. The van der Waals surface area contributed by atoms with Gasteiger partial charge in [-0.3, -0.25) is 5.43 Å². The van der Waals surface area contributed by atoms with Crippen molar-refractivity contribution in [2.75, 3.05) is 20.1 Å². The first-order valence-electron chi connectivity index (χ1n) is 4.82. The van der Waals surface area contributed by atoms with Crippen LogP contribution in [0.5, 0.6) is 0 Å². The number of hydrogen-bond donors (Lipinski definition) is 1. The van der Waals surface area contributed by atoms with E-state index in [1.807, 2.05) is 0 Å². The quantitative estimate of drug-likeness (QED) is 0.485. The summed E-state index contributed by atoms with van der Waals surface area (Å²) in [6, 6.07) is 0. The standard InChI is InChI=1S/C10H22N2/c1-5-7-8-10(3)9-11-12(4)6-2/h7-8,10-11H,5-6,9H2,1-4H3/b8-7-. The monoisotopic (exact) mass is 170 g/mol. The van der Waals surface area contributed by atoms with E-state index in [0.29, 0.717) is 5.92 Å². The van der Waals surface area contributed by atoms with Crippen LogP contribution in [0.4, 0.5) is 0 Å². The number of hydrogen-bond acceptors (Lipinski definition) is 2. The Kier molecular flexibility index (Phi) is 7.11. The van der Waals surface area contributed by atoms with Gasteiger partial charge in [0.1, 0.15) is 0 Å². The first-order chi connectivity index (χ1) is 5.70. The van der Waals surface area contributed by atoms with Crippen molar-refractivity contribution in [2.24, 2.45) is 5.92 Å². The molecule has 1 unspecified atom stereocenters. The molecule has 0 spiro atoms. The van der Waals surface area contributed by atoms with Crippen LogP contribution in [-0.4, -0.2) is 25.1 Å². The predicted octanol–water partition coefficient (Wildman–Crippen LogP) is 2.04. The average Bonchev–Trinajstić information content (AvgIpc) is 2.10. The van der Waals surface area contributed by atoms with E-state index >= 15 is 0 Å². The summed E-state index contributed by atoms with van der Waals surface area (Å²) >= 11 is 0. The Bertz CT molecular complexity index is 121. The molecule has 1 N–H and O–H groups in total. The van der Waals surface area contributed by atoms with E-state index in [1.54, 1.807) is 0 Å². The van der Waals surface area contributed by atoms with Gasteiger partial charge in [-0.25, -0.2) is 5.01 Å². The van der Waals surface area contributed by atoms with Gasteiger partial charge in [0.25, 0.3) is 0 Å². The zero-order valence-corrected chi connectivity index (χ0v) is 8.80. The van der Waals surface area contributed by atoms with Crippen molar-refractivity contribution in [3.05, 3.63) is 12.2 Å². The molecule has 0 aliphatic rings. The first kappa shape index (κ1) is 11.7. The first-order valence-corrected chi connectivity index (χ1v) is 4.82. The van der Waals surface area contributed by atoms with Gasteiger partial charge < -0.3 is 0 Å². The molecule has 0 saturated carbocycles. The minimum absolute atomic E-state index is 0.624. The topological polar surface area (TPSA) is 15.3 Å². The summed E-state index contributed by atoms with van der Waals surface area (Å²) in [5.41, 5.74) is 3.32. The number of nitrogens with one attached hydrogen (secondary N) is 1. The second-order valence-electron chi connectivity index (χ2n) is 3.19. The molecule has 0 saturated heterocycles. The Morgan fingerprint density at radius 1 is 1.42 bits per heavy atom. The summed E-state index contributed by atoms with van der Waals surface area (Å²) in [4.78, 5) is 0. The summed E-state index contributed by atoms with van der Waals surface area (Å²) in [5, 5.41) is 2.11. The molecular formula is C10H22N2. The van der Waals surface area contributed by atoms with Crippen LogP contribution in [-0.2, 0) is 0 Å². The van der Waals surface area contributed by atoms with Crippen molar-refractivity contribution in [3.63, 3.8) is 0 Å². The van der Waals surface area contributed by atoms with Gasteiger partial charge in [0.15, 0.2) is 0 Å². The third kappa shape index (κ3) is 6.38. The van der Waals surface area contributed by atoms with Crippen LogP contribution in [0.15, 0.2) is 12.2 Å². The Morgan fingerprint density at radius 3 is 2.58 bits per heavy atom. The fraction of sp³-hybridized carbons (Fsp3) is 0.800. The van der Waals surface area contributed by atoms with Gasteiger partial charge in [-0.05, 0) is 12.3 Å². The van der Waals surface area contributed by atoms with Crippen molar-refractivity contribution in [1.29, 1.82) is 0 Å². The molecule has 0 fully saturated rings. The van der Waals surface area contributed by atoms with Gasteiger partial charge in [-0.2, -0.15) is 0 Å². The van der Waals surface area contributed by atoms with Crippen molar-refractivity contribution in [1.82, 2.24) is 10.4 Å². The van der Waals surface area contributed by atoms with E-state index in [0.717, 1.165) is 19.5 Å². The number of nitrogens with zero attached hydrogens (tertiary/aromatic N) is 1. The molecule has 0 bridgehead atoms. The molecule has 2 heteroatoms. The van der Waals surface area contributed by atoms with Gasteiger partial charge >= 0.3 is 0 Å². The van der Waals surface area contributed by atoms with E-state index in [-0.39, 0.29) is 0 Å². The minimum atomic E-state index is 0.624. The largest absolute Gasteiger partial charge is 0.255 e. The fourth-order valence-electron chi connectivity index (χ4n) is 0.848. The molecule has 0 aromatic heterocycles. The zero-order valence-electron chi connectivity index (χ0n) is 8.80. The van der Waals surface area contributed by atoms with Crippen LogP contribution in [0.3, 0.4) is 0 Å². The Balaban J connectivity index is 3.42. The summed E-state index contributed by atoms with van der Waals surface area (Å²) in [6.45, 7) is 8.60. The molecule has 0 aliphatic heterocycles. The van der Waals surface area contributed by atoms with Gasteiger partial charge in [0.05, 0.1) is 0 Å². The van der Waals surface area contributed by atoms with Gasteiger partial charge in [0, 0.05) is 20.1 Å². The maximum atomic E-state index is 3.32. The molecule has 0 aromatic rings. The van der Waals surface area contributed by atoms with Crippen molar-refractivity contribution in [2.45, 2.75) is 27.2 Å². The second kappa shape index (κ2) is 7.32. The summed E-state index contributed by atoms with van der Waals surface area (Å²) in [6.07, 6.45) is 5.61. The van der Waals surface area contributed by atoms with E-state index in [1.165, 1.54) is 0 Å². The third-order valence-electron chi connectivity index (χ3n) is 1.86. The van der Waals surface area contributed by atoms with Crippen molar-refractivity contribution >= 4 is 0 Å². The molecule has 0 aliphatic carbocycles. The smallest absolute Gasteiger partial charge is 0.0162 e. The predicted molar refractivity (Wildman–Crippen MR) is 54.9 cm³/mol. The summed E-state index contributed by atoms with van der Waals surface area (Å²) < 4.78 is 0. The molecule has 12 heavy (non-hydrogen) atoms. The molecule has 0 aromatic carbocycles. The molecule has 72 valence electrons. The molecule has 0 radical (unpaired) electrons. The Labute approximate surface area is 76.6 Å². The highest BCUT2D eigenvalue weighted by atomic mass is 15.5. The van der Waals surface area contributed by atoms with Crippen molar-refractivity contribution < 1.29 is 0 Å². The highest BCUT2D eigenvalue weighted by Gasteiger charge is 1.97. The van der Waals surface area contributed by atoms with Crippen LogP contribution < -0.4 is 5.43 Å². The Hall–Kier alpha value is -0.340. The molecular weight excluding hydrogens is 148 g/mol. The lowest BCUT2D eigenvalue weighted by Gasteiger charge is -2.17. The lowest BCUT2D eigenvalue weighted by molar-refractivity contribution is 0.238. The maximum absolute atomic E-state index is 3.32. The number of rotatable bonds is 6. The molecule has 2 nitrogen and oxygen atoms in total. The van der Waals surface area contributed by atoms with Gasteiger partial charge in [-0.1, -0.05) is 32.9 Å². The maximum Gasteiger partial charge on any atom is 0.0162 e. The molecule has 1 atom stereocenters.